The number of hydrogen-bond donors (Lipinski definition) is 3. The highest BCUT2D eigenvalue weighted by molar-refractivity contribution is 6.03. The number of amides is 2. The molecule has 3 N–H and O–H groups in total. The largest absolute Gasteiger partial charge is 0.380 e. The number of nitrogens with one attached hydrogen (secondary N) is 3. The van der Waals surface area contributed by atoms with E-state index in [-0.39, 0.29) is 23.3 Å². The highest BCUT2D eigenvalue weighted by atomic mass is 19.1. The normalized spacial score (nSPS) is 10.2. The zero-order valence-electron chi connectivity index (χ0n) is 15.2. The lowest BCUT2D eigenvalue weighted by molar-refractivity contribution is -0.114. The van der Waals surface area contributed by atoms with E-state index in [9.17, 15) is 14.0 Å². The van der Waals surface area contributed by atoms with Crippen LogP contribution in [0.5, 0.6) is 0 Å². The quantitative estimate of drug-likeness (QED) is 0.604. The third kappa shape index (κ3) is 5.14. The number of carbonyl (C=O) groups excluding carboxylic acids is 2. The lowest BCUT2D eigenvalue weighted by Gasteiger charge is -2.09. The maximum Gasteiger partial charge on any atom is 0.274 e. The molecule has 0 aliphatic carbocycles. The molecule has 28 heavy (non-hydrogen) atoms. The van der Waals surface area contributed by atoms with Gasteiger partial charge in [0.25, 0.3) is 5.91 Å². The molecule has 0 radical (unpaired) electrons. The first-order chi connectivity index (χ1) is 13.5. The molecule has 3 aromatic rings. The number of pyridine rings is 1. The number of halogens is 1. The van der Waals surface area contributed by atoms with Crippen molar-refractivity contribution in [2.24, 2.45) is 0 Å². The average Bonchev–Trinajstić information content (AvgIpc) is 2.67. The van der Waals surface area contributed by atoms with E-state index < -0.39 is 0 Å². The van der Waals surface area contributed by atoms with Crippen LogP contribution in [0, 0.1) is 5.82 Å². The van der Waals surface area contributed by atoms with Gasteiger partial charge in [0.1, 0.15) is 11.5 Å². The minimum Gasteiger partial charge on any atom is -0.380 e. The second-order valence-electron chi connectivity index (χ2n) is 6.09. The molecule has 0 atom stereocenters. The van der Waals surface area contributed by atoms with Gasteiger partial charge in [0.05, 0.1) is 11.9 Å². The molecule has 0 unspecified atom stereocenters. The molecule has 142 valence electrons. The molecule has 3 rings (SSSR count). The van der Waals surface area contributed by atoms with Gasteiger partial charge >= 0.3 is 0 Å². The van der Waals surface area contributed by atoms with Crippen molar-refractivity contribution < 1.29 is 14.0 Å². The predicted molar refractivity (Wildman–Crippen MR) is 107 cm³/mol. The van der Waals surface area contributed by atoms with Crippen LogP contribution in [-0.4, -0.2) is 16.8 Å². The Morgan fingerprint density at radius 2 is 1.68 bits per heavy atom. The molecule has 0 bridgehead atoms. The molecule has 2 aromatic carbocycles. The van der Waals surface area contributed by atoms with E-state index in [1.807, 2.05) is 0 Å². The Labute approximate surface area is 161 Å². The van der Waals surface area contributed by atoms with Gasteiger partial charge in [-0.05, 0) is 36.4 Å². The van der Waals surface area contributed by atoms with Gasteiger partial charge in [-0.25, -0.2) is 9.37 Å². The van der Waals surface area contributed by atoms with Crippen LogP contribution < -0.4 is 16.0 Å². The van der Waals surface area contributed by atoms with Crippen LogP contribution in [-0.2, 0) is 11.3 Å². The van der Waals surface area contributed by atoms with Crippen LogP contribution in [0.15, 0.2) is 66.9 Å². The Bertz CT molecular complexity index is 990. The number of rotatable bonds is 6. The van der Waals surface area contributed by atoms with Crippen LogP contribution in [0.1, 0.15) is 23.0 Å². The van der Waals surface area contributed by atoms with E-state index in [0.29, 0.717) is 29.2 Å². The van der Waals surface area contributed by atoms with Gasteiger partial charge in [-0.1, -0.05) is 24.3 Å². The van der Waals surface area contributed by atoms with Crippen molar-refractivity contribution in [3.8, 4) is 0 Å². The number of hydrogen-bond acceptors (Lipinski definition) is 4. The van der Waals surface area contributed by atoms with Gasteiger partial charge in [0.2, 0.25) is 5.91 Å². The maximum atomic E-state index is 13.6. The summed E-state index contributed by atoms with van der Waals surface area (Å²) in [5.41, 5.74) is 2.59. The zero-order valence-corrected chi connectivity index (χ0v) is 15.2. The van der Waals surface area contributed by atoms with Crippen molar-refractivity contribution >= 4 is 28.9 Å². The van der Waals surface area contributed by atoms with Crippen molar-refractivity contribution in [3.63, 3.8) is 0 Å². The second kappa shape index (κ2) is 8.77. The van der Waals surface area contributed by atoms with E-state index in [1.54, 1.807) is 54.6 Å². The standard InChI is InChI=1S/C21H19FN4O2/c1-14(27)25-16-6-4-7-17(11-16)26-21(28)20-10-9-18(13-24-20)23-12-15-5-2-3-8-19(15)22/h2-11,13,23H,12H2,1H3,(H,25,27)(H,26,28). The van der Waals surface area contributed by atoms with E-state index in [1.165, 1.54) is 19.2 Å². The number of anilines is 3. The van der Waals surface area contributed by atoms with Crippen LogP contribution in [0.2, 0.25) is 0 Å². The molecule has 7 heteroatoms. The molecule has 2 amide bonds. The summed E-state index contributed by atoms with van der Waals surface area (Å²) in [6.45, 7) is 1.73. The fourth-order valence-electron chi connectivity index (χ4n) is 2.54. The minimum atomic E-state index is -0.374. The first-order valence-electron chi connectivity index (χ1n) is 8.63. The SMILES string of the molecule is CC(=O)Nc1cccc(NC(=O)c2ccc(NCc3ccccc3F)cn2)c1. The monoisotopic (exact) mass is 378 g/mol. The molecular formula is C21H19FN4O2. The molecule has 0 spiro atoms. The highest BCUT2D eigenvalue weighted by Gasteiger charge is 2.09. The minimum absolute atomic E-state index is 0.191. The summed E-state index contributed by atoms with van der Waals surface area (Å²) in [6.07, 6.45) is 1.52. The lowest BCUT2D eigenvalue weighted by atomic mass is 10.2. The van der Waals surface area contributed by atoms with Crippen molar-refractivity contribution in [2.75, 3.05) is 16.0 Å². The first-order valence-corrected chi connectivity index (χ1v) is 8.63. The van der Waals surface area contributed by atoms with Crippen molar-refractivity contribution in [1.29, 1.82) is 0 Å². The van der Waals surface area contributed by atoms with Crippen LogP contribution in [0.4, 0.5) is 21.5 Å². The summed E-state index contributed by atoms with van der Waals surface area (Å²) < 4.78 is 13.6. The molecule has 0 fully saturated rings. The topological polar surface area (TPSA) is 83.1 Å². The third-order valence-corrected chi connectivity index (χ3v) is 3.88. The molecule has 0 saturated heterocycles. The van der Waals surface area contributed by atoms with Crippen molar-refractivity contribution in [2.45, 2.75) is 13.5 Å². The molecule has 0 aliphatic heterocycles. The molecule has 0 saturated carbocycles. The Morgan fingerprint density at radius 1 is 0.929 bits per heavy atom. The average molecular weight is 378 g/mol. The summed E-state index contributed by atoms with van der Waals surface area (Å²) in [5.74, 6) is -0.843. The molecule has 0 aliphatic rings. The summed E-state index contributed by atoms with van der Waals surface area (Å²) in [5, 5.41) is 8.46. The summed E-state index contributed by atoms with van der Waals surface area (Å²) >= 11 is 0. The van der Waals surface area contributed by atoms with Crippen molar-refractivity contribution in [3.05, 3.63) is 83.9 Å². The van der Waals surface area contributed by atoms with Gasteiger partial charge < -0.3 is 16.0 Å². The Hall–Kier alpha value is -3.74. The lowest BCUT2D eigenvalue weighted by Crippen LogP contribution is -2.14. The maximum absolute atomic E-state index is 13.6. The highest BCUT2D eigenvalue weighted by Crippen LogP contribution is 2.16. The molecular weight excluding hydrogens is 359 g/mol. The van der Waals surface area contributed by atoms with Gasteiger partial charge in [0, 0.05) is 30.4 Å². The smallest absolute Gasteiger partial charge is 0.274 e. The third-order valence-electron chi connectivity index (χ3n) is 3.88. The number of nitrogens with zero attached hydrogens (tertiary/aromatic N) is 1. The van der Waals surface area contributed by atoms with Crippen LogP contribution in [0.3, 0.4) is 0 Å². The molecule has 1 aromatic heterocycles. The second-order valence-corrected chi connectivity index (χ2v) is 6.09. The summed E-state index contributed by atoms with van der Waals surface area (Å²) in [4.78, 5) is 27.6. The van der Waals surface area contributed by atoms with Crippen LogP contribution >= 0.6 is 0 Å². The van der Waals surface area contributed by atoms with E-state index >= 15 is 0 Å². The predicted octanol–water partition coefficient (Wildman–Crippen LogP) is 4.04. The van der Waals surface area contributed by atoms with E-state index in [2.05, 4.69) is 20.9 Å². The molecule has 6 nitrogen and oxygen atoms in total. The van der Waals surface area contributed by atoms with Gasteiger partial charge in [0.15, 0.2) is 0 Å². The molecule has 1 heterocycles. The Morgan fingerprint density at radius 3 is 2.36 bits per heavy atom. The number of aromatic nitrogens is 1. The fourth-order valence-corrected chi connectivity index (χ4v) is 2.54. The number of benzene rings is 2. The summed E-state index contributed by atoms with van der Waals surface area (Å²) in [6, 6.07) is 16.6. The summed E-state index contributed by atoms with van der Waals surface area (Å²) in [7, 11) is 0. The Kier molecular flexibility index (Phi) is 5.96. The zero-order chi connectivity index (χ0) is 19.9. The van der Waals surface area contributed by atoms with Crippen molar-refractivity contribution in [1.82, 2.24) is 4.98 Å². The first kappa shape index (κ1) is 19.0. The van der Waals surface area contributed by atoms with Crippen LogP contribution in [0.25, 0.3) is 0 Å². The Balaban J connectivity index is 1.61. The fraction of sp³-hybridized carbons (Fsp3) is 0.0952. The van der Waals surface area contributed by atoms with Gasteiger partial charge in [-0.3, -0.25) is 9.59 Å². The van der Waals surface area contributed by atoms with Gasteiger partial charge in [-0.2, -0.15) is 0 Å². The van der Waals surface area contributed by atoms with E-state index in [4.69, 9.17) is 0 Å². The van der Waals surface area contributed by atoms with E-state index in [0.717, 1.165) is 0 Å². The number of carbonyl (C=O) groups is 2. The van der Waals surface area contributed by atoms with Gasteiger partial charge in [-0.15, -0.1) is 0 Å².